The lowest BCUT2D eigenvalue weighted by molar-refractivity contribution is -0.141. The van der Waals surface area contributed by atoms with Gasteiger partial charge >= 0.3 is 12.1 Å². The SMILES string of the molecule is O=C(O)CCCCc1nc2cc(C(O)N3CCn4cc(C(F)(F)F)nc4C3)ccc2nc1-c1ccc(Cl)cc1. The highest BCUT2D eigenvalue weighted by atomic mass is 35.5. The van der Waals surface area contributed by atoms with Crippen LogP contribution in [0.4, 0.5) is 13.2 Å². The summed E-state index contributed by atoms with van der Waals surface area (Å²) < 4.78 is 40.7. The van der Waals surface area contributed by atoms with Gasteiger partial charge in [-0.05, 0) is 49.1 Å². The lowest BCUT2D eigenvalue weighted by Crippen LogP contribution is -2.36. The predicted octanol–water partition coefficient (Wildman–Crippen LogP) is 5.47. The summed E-state index contributed by atoms with van der Waals surface area (Å²) in [6.07, 6.45) is -2.93. The summed E-state index contributed by atoms with van der Waals surface area (Å²) in [5.74, 6) is -0.615. The van der Waals surface area contributed by atoms with Crippen LogP contribution in [-0.4, -0.2) is 47.1 Å². The molecule has 0 saturated heterocycles. The molecule has 1 aliphatic heterocycles. The lowest BCUT2D eigenvalue weighted by Gasteiger charge is -2.31. The van der Waals surface area contributed by atoms with Crippen LogP contribution in [0.25, 0.3) is 22.3 Å². The van der Waals surface area contributed by atoms with Crippen LogP contribution in [0.2, 0.25) is 5.02 Å². The molecule has 0 fully saturated rings. The maximum Gasteiger partial charge on any atom is 0.434 e. The Morgan fingerprint density at radius 2 is 1.79 bits per heavy atom. The van der Waals surface area contributed by atoms with Gasteiger partial charge in [-0.1, -0.05) is 29.8 Å². The summed E-state index contributed by atoms with van der Waals surface area (Å²) in [6.45, 7) is 0.676. The molecule has 3 heterocycles. The lowest BCUT2D eigenvalue weighted by atomic mass is 10.0. The molecular weight excluding hydrogens is 535 g/mol. The van der Waals surface area contributed by atoms with E-state index in [0.29, 0.717) is 58.8 Å². The van der Waals surface area contributed by atoms with Crippen molar-refractivity contribution < 1.29 is 28.2 Å². The Balaban J connectivity index is 1.42. The number of alkyl halides is 3. The molecule has 2 aromatic heterocycles. The van der Waals surface area contributed by atoms with Crippen molar-refractivity contribution >= 4 is 28.6 Å². The topological polar surface area (TPSA) is 104 Å². The second-order valence-electron chi connectivity index (χ2n) is 9.45. The van der Waals surface area contributed by atoms with Gasteiger partial charge in [0.1, 0.15) is 12.1 Å². The van der Waals surface area contributed by atoms with E-state index < -0.39 is 24.1 Å². The van der Waals surface area contributed by atoms with Crippen molar-refractivity contribution in [1.82, 2.24) is 24.4 Å². The molecule has 2 N–H and O–H groups in total. The number of carbonyl (C=O) groups is 1. The van der Waals surface area contributed by atoms with Crippen LogP contribution in [0, 0.1) is 0 Å². The van der Waals surface area contributed by atoms with Gasteiger partial charge in [0.25, 0.3) is 0 Å². The van der Waals surface area contributed by atoms with Crippen molar-refractivity contribution in [3.8, 4) is 11.3 Å². The van der Waals surface area contributed by atoms with Crippen LogP contribution < -0.4 is 0 Å². The third kappa shape index (κ3) is 6.05. The van der Waals surface area contributed by atoms with Crippen LogP contribution in [0.15, 0.2) is 48.7 Å². The standard InChI is InChI=1S/C27H25ClF3N5O3/c28-18-8-5-16(6-9-18)25-20(3-1-2-4-24(37)38)32-21-13-17(7-10-19(21)33-25)26(39)36-12-11-35-14-22(27(29,30)31)34-23(35)15-36/h5-10,13-14,26,39H,1-4,11-12,15H2,(H,37,38). The third-order valence-electron chi connectivity index (χ3n) is 6.70. The number of fused-ring (bicyclic) bond motifs is 2. The second kappa shape index (κ2) is 10.9. The number of aliphatic carboxylic acids is 1. The number of carboxylic acids is 1. The van der Waals surface area contributed by atoms with Crippen molar-refractivity contribution in [2.75, 3.05) is 6.54 Å². The Hall–Kier alpha value is -3.54. The Labute approximate surface area is 226 Å². The summed E-state index contributed by atoms with van der Waals surface area (Å²) in [6, 6.07) is 12.4. The maximum atomic E-state index is 13.1. The number of aryl methyl sites for hydroxylation is 1. The van der Waals surface area contributed by atoms with Crippen molar-refractivity contribution in [3.63, 3.8) is 0 Å². The molecule has 8 nitrogen and oxygen atoms in total. The molecule has 0 radical (unpaired) electrons. The van der Waals surface area contributed by atoms with Crippen LogP contribution >= 0.6 is 11.6 Å². The van der Waals surface area contributed by atoms with Crippen molar-refractivity contribution in [2.45, 2.75) is 51.2 Å². The first-order valence-electron chi connectivity index (χ1n) is 12.4. The summed E-state index contributed by atoms with van der Waals surface area (Å²) in [5, 5.41) is 20.7. The van der Waals surface area contributed by atoms with E-state index in [-0.39, 0.29) is 25.3 Å². The summed E-state index contributed by atoms with van der Waals surface area (Å²) in [7, 11) is 0. The number of imidazole rings is 1. The van der Waals surface area contributed by atoms with Gasteiger partial charge in [-0.3, -0.25) is 9.69 Å². The fourth-order valence-electron chi connectivity index (χ4n) is 4.68. The third-order valence-corrected chi connectivity index (χ3v) is 6.95. The first-order chi connectivity index (χ1) is 18.6. The average molecular weight is 560 g/mol. The number of aromatic nitrogens is 4. The zero-order valence-electron chi connectivity index (χ0n) is 20.7. The predicted molar refractivity (Wildman–Crippen MR) is 138 cm³/mol. The molecule has 0 spiro atoms. The van der Waals surface area contributed by atoms with E-state index in [1.54, 1.807) is 35.2 Å². The maximum absolute atomic E-state index is 13.1. The fourth-order valence-corrected chi connectivity index (χ4v) is 4.80. The Kier molecular flexibility index (Phi) is 7.57. The number of rotatable bonds is 8. The van der Waals surface area contributed by atoms with Crippen molar-refractivity contribution in [3.05, 3.63) is 76.5 Å². The van der Waals surface area contributed by atoms with Gasteiger partial charge in [-0.15, -0.1) is 0 Å². The molecular formula is C27H25ClF3N5O3. The van der Waals surface area contributed by atoms with Gasteiger partial charge in [0, 0.05) is 36.3 Å². The van der Waals surface area contributed by atoms with E-state index in [1.165, 1.54) is 4.57 Å². The normalized spacial score (nSPS) is 14.9. The molecule has 1 atom stereocenters. The van der Waals surface area contributed by atoms with E-state index >= 15 is 0 Å². The molecule has 0 bridgehead atoms. The van der Waals surface area contributed by atoms with E-state index in [0.717, 1.165) is 11.8 Å². The minimum atomic E-state index is -4.53. The van der Waals surface area contributed by atoms with Gasteiger partial charge in [0.15, 0.2) is 5.69 Å². The highest BCUT2D eigenvalue weighted by Gasteiger charge is 2.36. The molecule has 2 aromatic carbocycles. The molecule has 0 saturated carbocycles. The number of carboxylic acid groups (broad SMARTS) is 1. The minimum Gasteiger partial charge on any atom is -0.481 e. The molecule has 0 aliphatic carbocycles. The number of hydrogen-bond acceptors (Lipinski definition) is 6. The van der Waals surface area contributed by atoms with E-state index in [2.05, 4.69) is 4.98 Å². The number of unbranched alkanes of at least 4 members (excludes halogenated alkanes) is 1. The first-order valence-corrected chi connectivity index (χ1v) is 12.8. The molecule has 39 heavy (non-hydrogen) atoms. The Morgan fingerprint density at radius 1 is 1.03 bits per heavy atom. The fraction of sp³-hybridized carbons (Fsp3) is 0.333. The second-order valence-corrected chi connectivity index (χ2v) is 9.89. The largest absolute Gasteiger partial charge is 0.481 e. The Bertz CT molecular complexity index is 1510. The molecule has 204 valence electrons. The number of benzene rings is 2. The van der Waals surface area contributed by atoms with E-state index in [4.69, 9.17) is 26.7 Å². The van der Waals surface area contributed by atoms with Crippen LogP contribution in [0.1, 0.15) is 48.3 Å². The smallest absolute Gasteiger partial charge is 0.434 e. The zero-order chi connectivity index (χ0) is 27.7. The average Bonchev–Trinajstić information content (AvgIpc) is 3.35. The Morgan fingerprint density at radius 3 is 2.51 bits per heavy atom. The van der Waals surface area contributed by atoms with E-state index in [1.807, 2.05) is 12.1 Å². The number of halogens is 4. The number of nitrogens with zero attached hydrogens (tertiary/aromatic N) is 5. The summed E-state index contributed by atoms with van der Waals surface area (Å²) in [5.41, 5.74) is 2.94. The van der Waals surface area contributed by atoms with Crippen LogP contribution in [-0.2, 0) is 30.5 Å². The quantitative estimate of drug-likeness (QED) is 0.276. The highest BCUT2D eigenvalue weighted by molar-refractivity contribution is 6.30. The summed E-state index contributed by atoms with van der Waals surface area (Å²) in [4.78, 5) is 26.0. The molecule has 1 unspecified atom stereocenters. The molecule has 12 heteroatoms. The summed E-state index contributed by atoms with van der Waals surface area (Å²) >= 11 is 6.05. The van der Waals surface area contributed by atoms with Gasteiger partial charge in [-0.25, -0.2) is 15.0 Å². The monoisotopic (exact) mass is 559 g/mol. The molecule has 0 amide bonds. The van der Waals surface area contributed by atoms with Crippen molar-refractivity contribution in [1.29, 1.82) is 0 Å². The van der Waals surface area contributed by atoms with Crippen LogP contribution in [0.3, 0.4) is 0 Å². The molecule has 5 rings (SSSR count). The van der Waals surface area contributed by atoms with Gasteiger partial charge < -0.3 is 14.8 Å². The number of aliphatic hydroxyl groups is 1. The number of hydrogen-bond donors (Lipinski definition) is 2. The van der Waals surface area contributed by atoms with Crippen molar-refractivity contribution in [2.24, 2.45) is 0 Å². The highest BCUT2D eigenvalue weighted by Crippen LogP contribution is 2.32. The van der Waals surface area contributed by atoms with Crippen LogP contribution in [0.5, 0.6) is 0 Å². The first kappa shape index (κ1) is 27.0. The van der Waals surface area contributed by atoms with E-state index in [9.17, 15) is 23.1 Å². The minimum absolute atomic E-state index is 0.0608. The molecule has 1 aliphatic rings. The zero-order valence-corrected chi connectivity index (χ0v) is 21.5. The van der Waals surface area contributed by atoms with Gasteiger partial charge in [0.05, 0.1) is 29.0 Å². The molecule has 4 aromatic rings. The van der Waals surface area contributed by atoms with Gasteiger partial charge in [-0.2, -0.15) is 13.2 Å². The number of aliphatic hydroxyl groups excluding tert-OH is 1. The van der Waals surface area contributed by atoms with Gasteiger partial charge in [0.2, 0.25) is 0 Å².